The largest absolute Gasteiger partial charge is 0.449 e. The second-order valence-corrected chi connectivity index (χ2v) is 4.70. The van der Waals surface area contributed by atoms with Crippen LogP contribution in [0.1, 0.15) is 17.3 Å². The monoisotopic (exact) mass is 296 g/mol. The molecule has 110 valence electrons. The van der Waals surface area contributed by atoms with Gasteiger partial charge in [0.15, 0.2) is 5.76 Å². The molecule has 0 bridgehead atoms. The molecule has 0 amide bonds. The SMILES string of the molecule is Cc1cc(Cn2c(C(F)(F)F)nc3cc(N)ccc32)on1. The third kappa shape index (κ3) is 2.44. The van der Waals surface area contributed by atoms with Crippen molar-refractivity contribution in [3.63, 3.8) is 0 Å². The van der Waals surface area contributed by atoms with E-state index in [9.17, 15) is 13.2 Å². The Morgan fingerprint density at radius 1 is 1.29 bits per heavy atom. The van der Waals surface area contributed by atoms with Gasteiger partial charge in [0.2, 0.25) is 5.82 Å². The summed E-state index contributed by atoms with van der Waals surface area (Å²) in [6, 6.07) is 6.04. The second-order valence-electron chi connectivity index (χ2n) is 4.70. The zero-order valence-electron chi connectivity index (χ0n) is 11.0. The average molecular weight is 296 g/mol. The van der Waals surface area contributed by atoms with Crippen molar-refractivity contribution >= 4 is 16.7 Å². The highest BCUT2D eigenvalue weighted by Gasteiger charge is 2.37. The number of fused-ring (bicyclic) bond motifs is 1. The van der Waals surface area contributed by atoms with Crippen molar-refractivity contribution in [2.75, 3.05) is 5.73 Å². The number of aryl methyl sites for hydroxylation is 1. The maximum Gasteiger partial charge on any atom is 0.449 e. The van der Waals surface area contributed by atoms with Crippen LogP contribution < -0.4 is 5.73 Å². The minimum absolute atomic E-state index is 0.101. The van der Waals surface area contributed by atoms with Crippen LogP contribution >= 0.6 is 0 Å². The molecule has 0 saturated carbocycles. The second kappa shape index (κ2) is 4.51. The van der Waals surface area contributed by atoms with Crippen LogP contribution in [0.25, 0.3) is 11.0 Å². The molecule has 0 fully saturated rings. The molecule has 0 aliphatic carbocycles. The minimum atomic E-state index is -4.57. The maximum atomic E-state index is 13.1. The molecule has 21 heavy (non-hydrogen) atoms. The lowest BCUT2D eigenvalue weighted by atomic mass is 10.3. The summed E-state index contributed by atoms with van der Waals surface area (Å²) >= 11 is 0. The molecule has 0 aliphatic heterocycles. The Labute approximate surface area is 117 Å². The number of aromatic nitrogens is 3. The molecule has 1 aromatic carbocycles. The number of imidazole rings is 1. The molecule has 8 heteroatoms. The molecule has 2 N–H and O–H groups in total. The predicted octanol–water partition coefficient (Wildman–Crippen LogP) is 2.98. The summed E-state index contributed by atoms with van der Waals surface area (Å²) in [5.41, 5.74) is 7.08. The van der Waals surface area contributed by atoms with E-state index in [1.807, 2.05) is 0 Å². The van der Waals surface area contributed by atoms with Gasteiger partial charge in [0.25, 0.3) is 0 Å². The lowest BCUT2D eigenvalue weighted by molar-refractivity contribution is -0.146. The van der Waals surface area contributed by atoms with Crippen molar-refractivity contribution in [2.45, 2.75) is 19.6 Å². The molecule has 2 aromatic heterocycles. The standard InChI is InChI=1S/C13H11F3N4O/c1-7-4-9(21-19-7)6-20-11-3-2-8(17)5-10(11)18-12(20)13(14,15)16/h2-5H,6,17H2,1H3. The van der Waals surface area contributed by atoms with Crippen LogP contribution in [-0.4, -0.2) is 14.7 Å². The zero-order valence-corrected chi connectivity index (χ0v) is 11.0. The molecule has 2 heterocycles. The summed E-state index contributed by atoms with van der Waals surface area (Å²) in [5.74, 6) is -0.661. The Bertz CT molecular complexity index is 803. The maximum absolute atomic E-state index is 13.1. The van der Waals surface area contributed by atoms with Crippen molar-refractivity contribution in [1.82, 2.24) is 14.7 Å². The van der Waals surface area contributed by atoms with Gasteiger partial charge in [0.05, 0.1) is 23.3 Å². The van der Waals surface area contributed by atoms with Crippen molar-refractivity contribution < 1.29 is 17.7 Å². The molecule has 0 radical (unpaired) electrons. The quantitative estimate of drug-likeness (QED) is 0.738. The van der Waals surface area contributed by atoms with E-state index in [1.165, 1.54) is 18.2 Å². The Morgan fingerprint density at radius 2 is 2.05 bits per heavy atom. The fourth-order valence-electron chi connectivity index (χ4n) is 2.17. The van der Waals surface area contributed by atoms with Crippen LogP contribution in [0, 0.1) is 6.92 Å². The molecule has 3 aromatic rings. The van der Waals surface area contributed by atoms with E-state index in [0.717, 1.165) is 4.57 Å². The molecular formula is C13H11F3N4O. The Hall–Kier alpha value is -2.51. The summed E-state index contributed by atoms with van der Waals surface area (Å²) in [4.78, 5) is 3.64. The van der Waals surface area contributed by atoms with E-state index in [1.54, 1.807) is 13.0 Å². The summed E-state index contributed by atoms with van der Waals surface area (Å²) in [6.45, 7) is 1.60. The molecule has 3 rings (SSSR count). The van der Waals surface area contributed by atoms with Crippen LogP contribution in [0.4, 0.5) is 18.9 Å². The number of halogens is 3. The van der Waals surface area contributed by atoms with Crippen LogP contribution in [-0.2, 0) is 12.7 Å². The number of alkyl halides is 3. The third-order valence-corrected chi connectivity index (χ3v) is 3.02. The first kappa shape index (κ1) is 13.5. The molecule has 0 spiro atoms. The van der Waals surface area contributed by atoms with Gasteiger partial charge >= 0.3 is 6.18 Å². The first-order chi connectivity index (χ1) is 9.84. The highest BCUT2D eigenvalue weighted by molar-refractivity contribution is 5.79. The predicted molar refractivity (Wildman–Crippen MR) is 69.5 cm³/mol. The summed E-state index contributed by atoms with van der Waals surface area (Å²) in [6.07, 6.45) is -4.57. The van der Waals surface area contributed by atoms with Gasteiger partial charge in [-0.05, 0) is 25.1 Å². The summed E-state index contributed by atoms with van der Waals surface area (Å²) in [5, 5.41) is 3.67. The molecule has 0 aliphatic rings. The average Bonchev–Trinajstić information content (AvgIpc) is 2.93. The number of nitrogen functional groups attached to an aromatic ring is 1. The van der Waals surface area contributed by atoms with Crippen molar-refractivity contribution in [2.24, 2.45) is 0 Å². The number of benzene rings is 1. The summed E-state index contributed by atoms with van der Waals surface area (Å²) < 4.78 is 45.4. The highest BCUT2D eigenvalue weighted by atomic mass is 19.4. The number of nitrogens with two attached hydrogens (primary N) is 1. The first-order valence-corrected chi connectivity index (χ1v) is 6.10. The van der Waals surface area contributed by atoms with Crippen LogP contribution in [0.3, 0.4) is 0 Å². The van der Waals surface area contributed by atoms with E-state index in [-0.39, 0.29) is 12.1 Å². The van der Waals surface area contributed by atoms with E-state index in [0.29, 0.717) is 22.7 Å². The van der Waals surface area contributed by atoms with Crippen LogP contribution in [0.5, 0.6) is 0 Å². The molecule has 0 atom stereocenters. The Balaban J connectivity index is 2.17. The molecular weight excluding hydrogens is 285 g/mol. The van der Waals surface area contributed by atoms with Gasteiger partial charge in [-0.1, -0.05) is 5.16 Å². The van der Waals surface area contributed by atoms with Crippen molar-refractivity contribution in [3.05, 3.63) is 41.5 Å². The van der Waals surface area contributed by atoms with Crippen LogP contribution in [0.15, 0.2) is 28.8 Å². The molecule has 0 saturated heterocycles. The zero-order chi connectivity index (χ0) is 15.2. The number of rotatable bonds is 2. The Kier molecular flexibility index (Phi) is 2.89. The fourth-order valence-corrected chi connectivity index (χ4v) is 2.17. The van der Waals surface area contributed by atoms with E-state index in [4.69, 9.17) is 10.3 Å². The topological polar surface area (TPSA) is 69.9 Å². The number of hydrogen-bond acceptors (Lipinski definition) is 4. The van der Waals surface area contributed by atoms with Crippen LogP contribution in [0.2, 0.25) is 0 Å². The summed E-state index contributed by atoms with van der Waals surface area (Å²) in [7, 11) is 0. The van der Waals surface area contributed by atoms with Gasteiger partial charge in [0.1, 0.15) is 0 Å². The lowest BCUT2D eigenvalue weighted by Crippen LogP contribution is -2.15. The van der Waals surface area contributed by atoms with E-state index < -0.39 is 12.0 Å². The number of nitrogens with zero attached hydrogens (tertiary/aromatic N) is 3. The number of hydrogen-bond donors (Lipinski definition) is 1. The van der Waals surface area contributed by atoms with E-state index >= 15 is 0 Å². The highest BCUT2D eigenvalue weighted by Crippen LogP contribution is 2.32. The van der Waals surface area contributed by atoms with Gasteiger partial charge < -0.3 is 14.8 Å². The van der Waals surface area contributed by atoms with Crippen molar-refractivity contribution in [3.8, 4) is 0 Å². The fraction of sp³-hybridized carbons (Fsp3) is 0.231. The van der Waals surface area contributed by atoms with Gasteiger partial charge in [-0.3, -0.25) is 0 Å². The molecule has 0 unspecified atom stereocenters. The molecule has 5 nitrogen and oxygen atoms in total. The van der Waals surface area contributed by atoms with E-state index in [2.05, 4.69) is 10.1 Å². The van der Waals surface area contributed by atoms with Gasteiger partial charge in [0, 0.05) is 11.8 Å². The number of anilines is 1. The minimum Gasteiger partial charge on any atom is -0.399 e. The first-order valence-electron chi connectivity index (χ1n) is 6.10. The normalized spacial score (nSPS) is 12.2. The third-order valence-electron chi connectivity index (χ3n) is 3.02. The smallest absolute Gasteiger partial charge is 0.399 e. The lowest BCUT2D eigenvalue weighted by Gasteiger charge is -2.09. The Morgan fingerprint density at radius 3 is 2.67 bits per heavy atom. The van der Waals surface area contributed by atoms with Crippen molar-refractivity contribution in [1.29, 1.82) is 0 Å². The van der Waals surface area contributed by atoms with Gasteiger partial charge in [-0.15, -0.1) is 0 Å². The van der Waals surface area contributed by atoms with Gasteiger partial charge in [-0.25, -0.2) is 4.98 Å². The van der Waals surface area contributed by atoms with Gasteiger partial charge in [-0.2, -0.15) is 13.2 Å².